The molecule has 0 bridgehead atoms. The lowest BCUT2D eigenvalue weighted by atomic mass is 9.75. The average molecular weight is 274 g/mol. The van der Waals surface area contributed by atoms with Gasteiger partial charge in [-0.05, 0) is 25.3 Å². The summed E-state index contributed by atoms with van der Waals surface area (Å²) >= 11 is 7.03. The highest BCUT2D eigenvalue weighted by molar-refractivity contribution is 7.14. The first-order chi connectivity index (χ1) is 7.97. The van der Waals surface area contributed by atoms with Crippen LogP contribution in [0, 0.1) is 0 Å². The van der Waals surface area contributed by atoms with Crippen LogP contribution in [0.2, 0.25) is 4.34 Å². The highest BCUT2D eigenvalue weighted by atomic mass is 35.5. The number of hydrogen-bond acceptors (Lipinski definition) is 3. The minimum Gasteiger partial charge on any atom is -0.479 e. The van der Waals surface area contributed by atoms with Gasteiger partial charge in [0.25, 0.3) is 5.91 Å². The van der Waals surface area contributed by atoms with Gasteiger partial charge in [0.2, 0.25) is 0 Å². The quantitative estimate of drug-likeness (QED) is 0.920. The number of carboxylic acid groups (broad SMARTS) is 1. The predicted octanol–water partition coefficient (Wildman–Crippen LogP) is 2.48. The van der Waals surface area contributed by atoms with E-state index in [4.69, 9.17) is 11.6 Å². The van der Waals surface area contributed by atoms with Gasteiger partial charge in [0.15, 0.2) is 0 Å². The van der Waals surface area contributed by atoms with E-state index in [0.717, 1.165) is 6.42 Å². The number of hydrogen-bond donors (Lipinski definition) is 1. The van der Waals surface area contributed by atoms with Gasteiger partial charge in [-0.25, -0.2) is 4.79 Å². The lowest BCUT2D eigenvalue weighted by Gasteiger charge is -2.44. The van der Waals surface area contributed by atoms with Crippen LogP contribution < -0.4 is 0 Å². The van der Waals surface area contributed by atoms with Crippen LogP contribution in [0.15, 0.2) is 11.4 Å². The molecular weight excluding hydrogens is 262 g/mol. The lowest BCUT2D eigenvalue weighted by Crippen LogP contribution is -2.59. The number of likely N-dealkylation sites (N-methyl/N-ethyl adjacent to an activating group) is 1. The first-order valence-corrected chi connectivity index (χ1v) is 6.49. The van der Waals surface area contributed by atoms with Gasteiger partial charge in [0, 0.05) is 12.4 Å². The Morgan fingerprint density at radius 2 is 2.18 bits per heavy atom. The highest BCUT2D eigenvalue weighted by Crippen LogP contribution is 2.38. The first-order valence-electron chi connectivity index (χ1n) is 5.23. The molecule has 0 aromatic carbocycles. The van der Waals surface area contributed by atoms with Crippen LogP contribution in [-0.4, -0.2) is 34.5 Å². The molecule has 0 unspecified atom stereocenters. The normalized spacial score (nSPS) is 17.3. The number of thiophene rings is 1. The van der Waals surface area contributed by atoms with Crippen molar-refractivity contribution < 1.29 is 14.7 Å². The molecule has 1 aliphatic rings. The molecule has 1 aromatic rings. The van der Waals surface area contributed by atoms with E-state index in [1.165, 1.54) is 16.2 Å². The molecule has 1 aliphatic carbocycles. The summed E-state index contributed by atoms with van der Waals surface area (Å²) in [6.07, 6.45) is 1.87. The van der Waals surface area contributed by atoms with Crippen molar-refractivity contribution in [2.45, 2.75) is 24.8 Å². The smallest absolute Gasteiger partial charge is 0.329 e. The summed E-state index contributed by atoms with van der Waals surface area (Å²) in [5.41, 5.74) is -0.569. The van der Waals surface area contributed by atoms with E-state index < -0.39 is 11.5 Å². The molecule has 2 rings (SSSR count). The minimum atomic E-state index is -1.02. The second-order valence-corrected chi connectivity index (χ2v) is 5.74. The zero-order chi connectivity index (χ0) is 12.6. The summed E-state index contributed by atoms with van der Waals surface area (Å²) in [6.45, 7) is 0. The fraction of sp³-hybridized carbons (Fsp3) is 0.455. The third-order valence-corrected chi connectivity index (χ3v) is 4.43. The zero-order valence-electron chi connectivity index (χ0n) is 9.27. The Labute approximate surface area is 108 Å². The summed E-state index contributed by atoms with van der Waals surface area (Å²) in [6, 6.07) is 1.57. The van der Waals surface area contributed by atoms with Crippen molar-refractivity contribution in [1.82, 2.24) is 4.90 Å². The van der Waals surface area contributed by atoms with Gasteiger partial charge in [0.05, 0.1) is 9.90 Å². The van der Waals surface area contributed by atoms with E-state index in [1.807, 2.05) is 0 Å². The number of aliphatic carboxylic acids is 1. The van der Waals surface area contributed by atoms with E-state index in [-0.39, 0.29) is 5.91 Å². The Morgan fingerprint density at radius 3 is 2.53 bits per heavy atom. The topological polar surface area (TPSA) is 57.6 Å². The predicted molar refractivity (Wildman–Crippen MR) is 65.6 cm³/mol. The van der Waals surface area contributed by atoms with E-state index in [9.17, 15) is 14.7 Å². The number of amides is 1. The third kappa shape index (κ3) is 1.93. The molecule has 0 saturated heterocycles. The molecule has 0 aliphatic heterocycles. The summed E-state index contributed by atoms with van der Waals surface area (Å²) in [5, 5.41) is 10.9. The third-order valence-electron chi connectivity index (χ3n) is 3.34. The van der Waals surface area contributed by atoms with E-state index in [1.54, 1.807) is 18.5 Å². The summed E-state index contributed by atoms with van der Waals surface area (Å²) < 4.78 is 0.528. The molecule has 1 aromatic heterocycles. The van der Waals surface area contributed by atoms with E-state index in [2.05, 4.69) is 0 Å². The highest BCUT2D eigenvalue weighted by Gasteiger charge is 2.49. The van der Waals surface area contributed by atoms with Crippen LogP contribution >= 0.6 is 22.9 Å². The number of carbonyl (C=O) groups is 2. The summed E-state index contributed by atoms with van der Waals surface area (Å²) in [4.78, 5) is 24.7. The number of carboxylic acids is 1. The first kappa shape index (κ1) is 12.4. The summed E-state index contributed by atoms with van der Waals surface area (Å²) in [7, 11) is 1.54. The van der Waals surface area contributed by atoms with Gasteiger partial charge < -0.3 is 10.0 Å². The second-order valence-electron chi connectivity index (χ2n) is 4.19. The van der Waals surface area contributed by atoms with Crippen molar-refractivity contribution in [3.05, 3.63) is 21.3 Å². The van der Waals surface area contributed by atoms with Crippen molar-refractivity contribution in [2.75, 3.05) is 7.05 Å². The maximum absolute atomic E-state index is 12.1. The molecule has 6 heteroatoms. The van der Waals surface area contributed by atoms with E-state index in [0.29, 0.717) is 22.7 Å². The number of carbonyl (C=O) groups excluding carboxylic acids is 1. The van der Waals surface area contributed by atoms with Gasteiger partial charge >= 0.3 is 5.97 Å². The molecule has 4 nitrogen and oxygen atoms in total. The SMILES string of the molecule is CN(C(=O)c1csc(Cl)c1)C1(C(=O)O)CCC1. The summed E-state index contributed by atoms with van der Waals surface area (Å²) in [5.74, 6) is -1.21. The van der Waals surface area contributed by atoms with Crippen LogP contribution in [0.1, 0.15) is 29.6 Å². The molecule has 0 spiro atoms. The monoisotopic (exact) mass is 273 g/mol. The van der Waals surface area contributed by atoms with Crippen molar-refractivity contribution in [1.29, 1.82) is 0 Å². The molecule has 1 saturated carbocycles. The fourth-order valence-corrected chi connectivity index (χ4v) is 2.87. The molecule has 1 amide bonds. The average Bonchev–Trinajstić information content (AvgIpc) is 2.61. The van der Waals surface area contributed by atoms with Crippen molar-refractivity contribution in [3.8, 4) is 0 Å². The zero-order valence-corrected chi connectivity index (χ0v) is 10.8. The van der Waals surface area contributed by atoms with Crippen LogP contribution in [0.5, 0.6) is 0 Å². The Hall–Kier alpha value is -1.07. The van der Waals surface area contributed by atoms with Crippen molar-refractivity contribution >= 4 is 34.8 Å². The van der Waals surface area contributed by atoms with Crippen molar-refractivity contribution in [3.63, 3.8) is 0 Å². The Kier molecular flexibility index (Phi) is 3.14. The van der Waals surface area contributed by atoms with Gasteiger partial charge in [-0.3, -0.25) is 4.79 Å². The standard InChI is InChI=1S/C11H12ClNO3S/c1-13(11(10(15)16)3-2-4-11)9(14)7-5-8(12)17-6-7/h5-6H,2-4H2,1H3,(H,15,16). The molecule has 0 radical (unpaired) electrons. The maximum atomic E-state index is 12.1. The molecule has 92 valence electrons. The molecule has 1 fully saturated rings. The van der Waals surface area contributed by atoms with Gasteiger partial charge in [-0.15, -0.1) is 11.3 Å². The Bertz CT molecular complexity index is 467. The van der Waals surface area contributed by atoms with Crippen LogP contribution in [-0.2, 0) is 4.79 Å². The molecule has 0 atom stereocenters. The molecular formula is C11H12ClNO3S. The van der Waals surface area contributed by atoms with Gasteiger partial charge in [-0.2, -0.15) is 0 Å². The Morgan fingerprint density at radius 1 is 1.53 bits per heavy atom. The molecule has 1 N–H and O–H groups in total. The second kappa shape index (κ2) is 4.31. The van der Waals surface area contributed by atoms with Crippen LogP contribution in [0.3, 0.4) is 0 Å². The largest absolute Gasteiger partial charge is 0.479 e. The fourth-order valence-electron chi connectivity index (χ4n) is 2.01. The van der Waals surface area contributed by atoms with Gasteiger partial charge in [0.1, 0.15) is 5.54 Å². The number of halogens is 1. The Balaban J connectivity index is 2.22. The lowest BCUT2D eigenvalue weighted by molar-refractivity contribution is -0.154. The van der Waals surface area contributed by atoms with E-state index >= 15 is 0 Å². The maximum Gasteiger partial charge on any atom is 0.329 e. The van der Waals surface area contributed by atoms with Crippen LogP contribution in [0.25, 0.3) is 0 Å². The van der Waals surface area contributed by atoms with Crippen LogP contribution in [0.4, 0.5) is 0 Å². The van der Waals surface area contributed by atoms with Gasteiger partial charge in [-0.1, -0.05) is 11.6 Å². The van der Waals surface area contributed by atoms with Crippen molar-refractivity contribution in [2.24, 2.45) is 0 Å². The number of rotatable bonds is 3. The minimum absolute atomic E-state index is 0.282. The number of nitrogens with zero attached hydrogens (tertiary/aromatic N) is 1. The molecule has 17 heavy (non-hydrogen) atoms. The molecule has 1 heterocycles.